The van der Waals surface area contributed by atoms with Gasteiger partial charge in [0.15, 0.2) is 0 Å². The van der Waals surface area contributed by atoms with E-state index in [1.165, 1.54) is 31.1 Å². The molecular formula is C10H18. The van der Waals surface area contributed by atoms with Crippen LogP contribution in [-0.2, 0) is 0 Å². The zero-order valence-corrected chi connectivity index (χ0v) is 7.14. The second kappa shape index (κ2) is 2.25. The molecule has 2 fully saturated rings. The van der Waals surface area contributed by atoms with Crippen LogP contribution in [0.25, 0.3) is 0 Å². The molecule has 0 nitrogen and oxygen atoms in total. The highest BCUT2D eigenvalue weighted by atomic mass is 14.6. The van der Waals surface area contributed by atoms with Crippen molar-refractivity contribution in [2.24, 2.45) is 23.7 Å². The minimum atomic E-state index is 1.15. The number of hydrogen-bond acceptors (Lipinski definition) is 0. The van der Waals surface area contributed by atoms with Crippen molar-refractivity contribution < 1.29 is 0 Å². The van der Waals surface area contributed by atoms with E-state index in [0.29, 0.717) is 0 Å². The molecule has 0 aliphatic heterocycles. The monoisotopic (exact) mass is 138 g/mol. The highest BCUT2D eigenvalue weighted by Gasteiger charge is 2.60. The molecule has 0 aromatic heterocycles. The maximum atomic E-state index is 2.35. The molecule has 4 unspecified atom stereocenters. The molecule has 0 bridgehead atoms. The van der Waals surface area contributed by atoms with E-state index in [-0.39, 0.29) is 0 Å². The molecule has 0 radical (unpaired) electrons. The summed E-state index contributed by atoms with van der Waals surface area (Å²) in [6.45, 7) is 4.67. The summed E-state index contributed by atoms with van der Waals surface area (Å²) in [5.41, 5.74) is 0. The average molecular weight is 138 g/mol. The van der Waals surface area contributed by atoms with E-state index in [2.05, 4.69) is 13.8 Å². The fraction of sp³-hybridized carbons (Fsp3) is 1.00. The Balaban J connectivity index is 1.78. The van der Waals surface area contributed by atoms with Gasteiger partial charge >= 0.3 is 0 Å². The van der Waals surface area contributed by atoms with E-state index in [4.69, 9.17) is 0 Å². The Hall–Kier alpha value is 0. The lowest BCUT2D eigenvalue weighted by Gasteiger charge is -2.23. The lowest BCUT2D eigenvalue weighted by atomic mass is 9.82. The van der Waals surface area contributed by atoms with Crippen LogP contribution in [0.5, 0.6) is 0 Å². The van der Waals surface area contributed by atoms with Gasteiger partial charge in [0.2, 0.25) is 0 Å². The molecule has 0 heterocycles. The topological polar surface area (TPSA) is 0 Å². The summed E-state index contributed by atoms with van der Waals surface area (Å²) in [4.78, 5) is 0. The fourth-order valence-corrected chi connectivity index (χ4v) is 3.07. The van der Waals surface area contributed by atoms with Gasteiger partial charge in [0.25, 0.3) is 0 Å². The molecule has 58 valence electrons. The van der Waals surface area contributed by atoms with Gasteiger partial charge in [-0.25, -0.2) is 0 Å². The van der Waals surface area contributed by atoms with Crippen LogP contribution in [-0.4, -0.2) is 0 Å². The van der Waals surface area contributed by atoms with Crippen LogP contribution in [0, 0.1) is 23.7 Å². The molecule has 4 atom stereocenters. The number of hydrogen-bond donors (Lipinski definition) is 0. The standard InChI is InChI=1S/C10H18/c1-3-5-7-6-9-8(4-2)10(7)9/h7-10H,3-6H2,1-2H3. The van der Waals surface area contributed by atoms with Gasteiger partial charge in [0, 0.05) is 0 Å². The third kappa shape index (κ3) is 0.741. The molecule has 0 aromatic carbocycles. The molecule has 2 rings (SSSR count). The third-order valence-corrected chi connectivity index (χ3v) is 3.65. The highest BCUT2D eigenvalue weighted by Crippen LogP contribution is 2.67. The maximum Gasteiger partial charge on any atom is -0.0323 e. The molecule has 0 saturated heterocycles. The molecule has 0 amide bonds. The summed E-state index contributed by atoms with van der Waals surface area (Å²) in [5.74, 6) is 4.71. The molecule has 0 heteroatoms. The molecule has 0 spiro atoms. The van der Waals surface area contributed by atoms with Gasteiger partial charge in [-0.2, -0.15) is 0 Å². The van der Waals surface area contributed by atoms with Crippen LogP contribution in [0.4, 0.5) is 0 Å². The Morgan fingerprint density at radius 2 is 2.10 bits per heavy atom. The van der Waals surface area contributed by atoms with Gasteiger partial charge in [-0.3, -0.25) is 0 Å². The highest BCUT2D eigenvalue weighted by molar-refractivity contribution is 5.08. The predicted molar refractivity (Wildman–Crippen MR) is 43.8 cm³/mol. The van der Waals surface area contributed by atoms with E-state index >= 15 is 0 Å². The summed E-state index contributed by atoms with van der Waals surface area (Å²) >= 11 is 0. The molecule has 2 aliphatic carbocycles. The van der Waals surface area contributed by atoms with Crippen molar-refractivity contribution >= 4 is 0 Å². The van der Waals surface area contributed by atoms with Gasteiger partial charge < -0.3 is 0 Å². The number of fused-ring (bicyclic) bond motifs is 1. The SMILES string of the molecule is CCCC1CC2C(CC)C12. The largest absolute Gasteiger partial charge is 0.0654 e. The average Bonchev–Trinajstić information content (AvgIpc) is 2.50. The zero-order chi connectivity index (χ0) is 7.14. The summed E-state index contributed by atoms with van der Waals surface area (Å²) in [6, 6.07) is 0. The Morgan fingerprint density at radius 1 is 1.30 bits per heavy atom. The first-order chi connectivity index (χ1) is 4.88. The van der Waals surface area contributed by atoms with Crippen molar-refractivity contribution in [3.8, 4) is 0 Å². The molecule has 0 N–H and O–H groups in total. The van der Waals surface area contributed by atoms with Crippen molar-refractivity contribution in [2.45, 2.75) is 39.5 Å². The van der Waals surface area contributed by atoms with Crippen LogP contribution in [0.15, 0.2) is 0 Å². The Labute approximate surface area is 64.0 Å². The van der Waals surface area contributed by atoms with E-state index in [9.17, 15) is 0 Å². The summed E-state index contributed by atoms with van der Waals surface area (Å²) < 4.78 is 0. The second-order valence-electron chi connectivity index (χ2n) is 4.10. The van der Waals surface area contributed by atoms with Crippen molar-refractivity contribution in [1.29, 1.82) is 0 Å². The van der Waals surface area contributed by atoms with Gasteiger partial charge in [-0.15, -0.1) is 0 Å². The van der Waals surface area contributed by atoms with E-state index in [0.717, 1.165) is 11.8 Å². The van der Waals surface area contributed by atoms with Crippen molar-refractivity contribution in [2.75, 3.05) is 0 Å². The molecule has 0 aromatic rings. The molecule has 2 aliphatic rings. The number of rotatable bonds is 3. The fourth-order valence-electron chi connectivity index (χ4n) is 3.07. The van der Waals surface area contributed by atoms with Crippen molar-refractivity contribution in [3.63, 3.8) is 0 Å². The molecular weight excluding hydrogens is 120 g/mol. The lowest BCUT2D eigenvalue weighted by molar-refractivity contribution is 0.268. The quantitative estimate of drug-likeness (QED) is 0.562. The Bertz CT molecular complexity index is 128. The van der Waals surface area contributed by atoms with Crippen LogP contribution >= 0.6 is 0 Å². The van der Waals surface area contributed by atoms with Gasteiger partial charge in [0.05, 0.1) is 0 Å². The Morgan fingerprint density at radius 3 is 2.60 bits per heavy atom. The van der Waals surface area contributed by atoms with Gasteiger partial charge in [-0.1, -0.05) is 33.1 Å². The zero-order valence-electron chi connectivity index (χ0n) is 7.14. The predicted octanol–water partition coefficient (Wildman–Crippen LogP) is 3.08. The van der Waals surface area contributed by atoms with Crippen LogP contribution in [0.2, 0.25) is 0 Å². The summed E-state index contributed by atoms with van der Waals surface area (Å²) in [5, 5.41) is 0. The third-order valence-electron chi connectivity index (χ3n) is 3.65. The second-order valence-corrected chi connectivity index (χ2v) is 4.10. The van der Waals surface area contributed by atoms with Gasteiger partial charge in [0.1, 0.15) is 0 Å². The van der Waals surface area contributed by atoms with E-state index in [1.54, 1.807) is 6.42 Å². The lowest BCUT2D eigenvalue weighted by Crippen LogP contribution is -2.14. The summed E-state index contributed by atoms with van der Waals surface area (Å²) in [7, 11) is 0. The van der Waals surface area contributed by atoms with Crippen molar-refractivity contribution in [1.82, 2.24) is 0 Å². The molecule has 2 saturated carbocycles. The first-order valence-corrected chi connectivity index (χ1v) is 4.88. The minimum Gasteiger partial charge on any atom is -0.0654 e. The molecule has 10 heavy (non-hydrogen) atoms. The normalized spacial score (nSPS) is 49.8. The van der Waals surface area contributed by atoms with Crippen molar-refractivity contribution in [3.05, 3.63) is 0 Å². The van der Waals surface area contributed by atoms with Crippen LogP contribution < -0.4 is 0 Å². The smallest absolute Gasteiger partial charge is 0.0323 e. The van der Waals surface area contributed by atoms with Gasteiger partial charge in [-0.05, 0) is 30.1 Å². The Kier molecular flexibility index (Phi) is 1.51. The first kappa shape index (κ1) is 6.69. The van der Waals surface area contributed by atoms with Crippen LogP contribution in [0.1, 0.15) is 39.5 Å². The maximum absolute atomic E-state index is 2.35. The first-order valence-electron chi connectivity index (χ1n) is 4.88. The summed E-state index contributed by atoms with van der Waals surface area (Å²) in [6.07, 6.45) is 5.95. The van der Waals surface area contributed by atoms with Crippen LogP contribution in [0.3, 0.4) is 0 Å². The van der Waals surface area contributed by atoms with E-state index in [1.807, 2.05) is 0 Å². The minimum absolute atomic E-state index is 1.15. The van der Waals surface area contributed by atoms with E-state index < -0.39 is 0 Å².